The average Bonchev–Trinajstić information content (AvgIpc) is 2.63. The molecular formula is C15H18F3N3O7. The Balaban J connectivity index is 2.14. The van der Waals surface area contributed by atoms with Crippen molar-refractivity contribution >= 4 is 12.1 Å². The molecule has 1 unspecified atom stereocenters. The van der Waals surface area contributed by atoms with Crippen LogP contribution in [-0.2, 0) is 14.2 Å². The van der Waals surface area contributed by atoms with E-state index in [1.807, 2.05) is 0 Å². The molecular weight excluding hydrogens is 391 g/mol. The van der Waals surface area contributed by atoms with Gasteiger partial charge in [-0.05, 0) is 6.92 Å². The lowest BCUT2D eigenvalue weighted by molar-refractivity contribution is -0.172. The minimum Gasteiger partial charge on any atom is -0.451 e. The molecule has 156 valence electrons. The molecule has 1 aromatic rings. The van der Waals surface area contributed by atoms with Gasteiger partial charge in [-0.25, -0.2) is 4.79 Å². The highest BCUT2D eigenvalue weighted by Gasteiger charge is 2.44. The fraction of sp³-hybridized carbons (Fsp3) is 0.533. The van der Waals surface area contributed by atoms with Gasteiger partial charge in [-0.2, -0.15) is 13.2 Å². The summed E-state index contributed by atoms with van der Waals surface area (Å²) in [6, 6.07) is -1.06. The molecule has 1 amide bonds. The number of pyridine rings is 1. The summed E-state index contributed by atoms with van der Waals surface area (Å²) in [4.78, 5) is 36.4. The van der Waals surface area contributed by atoms with E-state index in [1.165, 1.54) is 13.3 Å². The van der Waals surface area contributed by atoms with E-state index in [2.05, 4.69) is 19.6 Å². The smallest absolute Gasteiger partial charge is 0.451 e. The van der Waals surface area contributed by atoms with E-state index < -0.39 is 54.6 Å². The summed E-state index contributed by atoms with van der Waals surface area (Å²) >= 11 is 0. The molecule has 2 rings (SSSR count). The number of hydrogen-bond acceptors (Lipinski definition) is 8. The molecule has 10 nitrogen and oxygen atoms in total. The summed E-state index contributed by atoms with van der Waals surface area (Å²) in [7, 11) is 1.40. The quantitative estimate of drug-likeness (QED) is 0.402. The molecule has 0 radical (unpaired) electrons. The summed E-state index contributed by atoms with van der Waals surface area (Å²) in [6.07, 6.45) is -4.60. The normalized spacial score (nSPS) is 14.8. The van der Waals surface area contributed by atoms with Crippen LogP contribution in [0.1, 0.15) is 17.4 Å². The van der Waals surface area contributed by atoms with Gasteiger partial charge in [0.05, 0.1) is 6.61 Å². The van der Waals surface area contributed by atoms with Crippen LogP contribution in [0.5, 0.6) is 5.75 Å². The van der Waals surface area contributed by atoms with Crippen LogP contribution in [0.3, 0.4) is 0 Å². The van der Waals surface area contributed by atoms with E-state index in [-0.39, 0.29) is 13.2 Å². The number of nitrogens with zero attached hydrogens (tertiary/aromatic N) is 2. The molecule has 13 heteroatoms. The predicted molar refractivity (Wildman–Crippen MR) is 86.4 cm³/mol. The van der Waals surface area contributed by atoms with Gasteiger partial charge in [-0.15, -0.1) is 0 Å². The molecule has 28 heavy (non-hydrogen) atoms. The number of alkyl halides is 3. The molecule has 0 aliphatic carbocycles. The first-order chi connectivity index (χ1) is 13.2. The summed E-state index contributed by atoms with van der Waals surface area (Å²) < 4.78 is 58.9. The van der Waals surface area contributed by atoms with Crippen molar-refractivity contribution < 1.29 is 41.7 Å². The number of amides is 1. The van der Waals surface area contributed by atoms with Crippen LogP contribution in [0.15, 0.2) is 17.1 Å². The lowest BCUT2D eigenvalue weighted by Crippen LogP contribution is -2.54. The molecule has 1 aromatic heterocycles. The van der Waals surface area contributed by atoms with Gasteiger partial charge in [-0.3, -0.25) is 14.3 Å². The van der Waals surface area contributed by atoms with Gasteiger partial charge in [-0.1, -0.05) is 0 Å². The van der Waals surface area contributed by atoms with Crippen molar-refractivity contribution in [2.45, 2.75) is 19.1 Å². The number of carbonyl (C=O) groups excluding carboxylic acids is 2. The Morgan fingerprint density at radius 1 is 1.29 bits per heavy atom. The maximum Gasteiger partial charge on any atom is 0.511 e. The molecule has 0 spiro atoms. The van der Waals surface area contributed by atoms with Gasteiger partial charge < -0.3 is 29.3 Å². The first-order valence-electron chi connectivity index (χ1n) is 7.95. The Labute approximate surface area is 156 Å². The zero-order chi connectivity index (χ0) is 20.9. The molecule has 0 fully saturated rings. The first-order valence-corrected chi connectivity index (χ1v) is 7.95. The Hall–Kier alpha value is -2.96. The molecule has 1 aliphatic rings. The highest BCUT2D eigenvalue weighted by Crippen LogP contribution is 2.28. The zero-order valence-electron chi connectivity index (χ0n) is 14.9. The van der Waals surface area contributed by atoms with Gasteiger partial charge in [0, 0.05) is 19.4 Å². The van der Waals surface area contributed by atoms with Gasteiger partial charge in [0.25, 0.3) is 5.91 Å². The Bertz CT molecular complexity index is 781. The third-order valence-electron chi connectivity index (χ3n) is 3.76. The predicted octanol–water partition coefficient (Wildman–Crippen LogP) is 0.892. The van der Waals surface area contributed by atoms with Gasteiger partial charge in [0.1, 0.15) is 19.3 Å². The average molecular weight is 409 g/mol. The van der Waals surface area contributed by atoms with Crippen molar-refractivity contribution in [3.63, 3.8) is 0 Å². The van der Waals surface area contributed by atoms with Crippen molar-refractivity contribution in [2.24, 2.45) is 0 Å². The van der Waals surface area contributed by atoms with E-state index in [1.54, 1.807) is 0 Å². The van der Waals surface area contributed by atoms with Gasteiger partial charge in [0.15, 0.2) is 5.69 Å². The zero-order valence-corrected chi connectivity index (χ0v) is 14.9. The molecule has 0 saturated carbocycles. The standard InChI is InChI=1S/C15H18F3N3O7/c1-9(15(16,17)18)20-7-19-21-4-3-10(22)12(11(21)13(20)23)27-8-28-14(24)26-6-5-25-2/h3-4,9,19H,5-8H2,1-2H3. The number of methoxy groups -OCH3 is 1. The fourth-order valence-corrected chi connectivity index (χ4v) is 2.23. The van der Waals surface area contributed by atoms with E-state index in [9.17, 15) is 27.6 Å². The first kappa shape index (κ1) is 21.3. The van der Waals surface area contributed by atoms with Gasteiger partial charge in [0.2, 0.25) is 18.0 Å². The highest BCUT2D eigenvalue weighted by atomic mass is 19.4. The minimum atomic E-state index is -4.66. The number of rotatable bonds is 7. The number of nitrogens with one attached hydrogen (secondary N) is 1. The van der Waals surface area contributed by atoms with Crippen molar-refractivity contribution in [1.82, 2.24) is 9.58 Å². The SMILES string of the molecule is COCCOC(=O)OCOc1c2n(ccc1=O)NCN(C(C)C(F)(F)F)C2=O. The molecule has 0 bridgehead atoms. The van der Waals surface area contributed by atoms with Gasteiger partial charge >= 0.3 is 12.3 Å². The summed E-state index contributed by atoms with van der Waals surface area (Å²) in [5.41, 5.74) is 1.32. The Morgan fingerprint density at radius 2 is 2.00 bits per heavy atom. The molecule has 2 heterocycles. The van der Waals surface area contributed by atoms with Crippen LogP contribution in [0.25, 0.3) is 0 Å². The molecule has 1 aliphatic heterocycles. The number of hydrogen-bond donors (Lipinski definition) is 1. The largest absolute Gasteiger partial charge is 0.511 e. The van der Waals surface area contributed by atoms with Crippen molar-refractivity contribution in [2.75, 3.05) is 39.2 Å². The van der Waals surface area contributed by atoms with Crippen molar-refractivity contribution in [3.05, 3.63) is 28.2 Å². The van der Waals surface area contributed by atoms with Crippen LogP contribution >= 0.6 is 0 Å². The second kappa shape index (κ2) is 8.82. The fourth-order valence-electron chi connectivity index (χ4n) is 2.23. The van der Waals surface area contributed by atoms with E-state index in [0.29, 0.717) is 4.90 Å². The van der Waals surface area contributed by atoms with Crippen LogP contribution in [0.4, 0.5) is 18.0 Å². The highest BCUT2D eigenvalue weighted by molar-refractivity contribution is 5.96. The molecule has 0 aromatic carbocycles. The third-order valence-corrected chi connectivity index (χ3v) is 3.76. The van der Waals surface area contributed by atoms with Crippen LogP contribution in [-0.4, -0.2) is 67.6 Å². The van der Waals surface area contributed by atoms with Crippen LogP contribution < -0.4 is 15.6 Å². The molecule has 0 saturated heterocycles. The number of ether oxygens (including phenoxy) is 4. The van der Waals surface area contributed by atoms with E-state index in [4.69, 9.17) is 4.74 Å². The number of carbonyl (C=O) groups is 2. The van der Waals surface area contributed by atoms with Crippen LogP contribution in [0, 0.1) is 0 Å². The number of aromatic nitrogens is 1. The maximum atomic E-state index is 13.0. The topological polar surface area (TPSA) is 108 Å². The minimum absolute atomic E-state index is 0.0780. The van der Waals surface area contributed by atoms with Crippen molar-refractivity contribution in [3.8, 4) is 5.75 Å². The lowest BCUT2D eigenvalue weighted by Gasteiger charge is -2.36. The van der Waals surface area contributed by atoms with E-state index >= 15 is 0 Å². The van der Waals surface area contributed by atoms with Crippen molar-refractivity contribution in [1.29, 1.82) is 0 Å². The lowest BCUT2D eigenvalue weighted by atomic mass is 10.2. The second-order valence-corrected chi connectivity index (χ2v) is 5.53. The summed E-state index contributed by atoms with van der Waals surface area (Å²) in [5.74, 6) is -1.64. The second-order valence-electron chi connectivity index (χ2n) is 5.53. The Kier molecular flexibility index (Phi) is 6.72. The number of fused-ring (bicyclic) bond motifs is 1. The third kappa shape index (κ3) is 4.85. The summed E-state index contributed by atoms with van der Waals surface area (Å²) in [5, 5.41) is 0. The Morgan fingerprint density at radius 3 is 2.64 bits per heavy atom. The number of halogens is 3. The molecule has 1 atom stereocenters. The maximum absolute atomic E-state index is 13.0. The monoisotopic (exact) mass is 409 g/mol. The van der Waals surface area contributed by atoms with E-state index in [0.717, 1.165) is 17.7 Å². The summed E-state index contributed by atoms with van der Waals surface area (Å²) in [6.45, 7) is -0.352. The van der Waals surface area contributed by atoms with Crippen LogP contribution in [0.2, 0.25) is 0 Å². The molecule has 1 N–H and O–H groups in total.